The van der Waals surface area contributed by atoms with Gasteiger partial charge in [-0.3, -0.25) is 0 Å². The van der Waals surface area contributed by atoms with Gasteiger partial charge in [-0.1, -0.05) is 103 Å². The van der Waals surface area contributed by atoms with Crippen molar-refractivity contribution in [1.82, 2.24) is 0 Å². The van der Waals surface area contributed by atoms with E-state index in [0.29, 0.717) is 0 Å². The average Bonchev–Trinajstić information content (AvgIpc) is 2.43. The molecular formula is C18H38ClNa. The molecular weight excluding hydrogens is 275 g/mol. The maximum atomic E-state index is 5.66. The quantitative estimate of drug-likeness (QED) is 0.222. The fraction of sp³-hybridized carbons (Fsp3) is 1.00. The SMILES string of the molecule is CCCCCCCCCCCCCCCCCCCl.[H-].[Na+]. The predicted molar refractivity (Wildman–Crippen MR) is 91.4 cm³/mol. The minimum Gasteiger partial charge on any atom is -1.00 e. The Morgan fingerprint density at radius 1 is 0.500 bits per heavy atom. The van der Waals surface area contributed by atoms with Crippen molar-refractivity contribution in [3.8, 4) is 0 Å². The van der Waals surface area contributed by atoms with Crippen LogP contribution in [0.2, 0.25) is 0 Å². The third kappa shape index (κ3) is 21.6. The molecule has 2 heteroatoms. The molecule has 0 heterocycles. The second kappa shape index (κ2) is 22.6. The number of halogens is 1. The van der Waals surface area contributed by atoms with Gasteiger partial charge in [-0.25, -0.2) is 0 Å². The zero-order valence-electron chi connectivity index (χ0n) is 15.4. The first-order valence-electron chi connectivity index (χ1n) is 8.97. The summed E-state index contributed by atoms with van der Waals surface area (Å²) in [5, 5.41) is 0. The van der Waals surface area contributed by atoms with E-state index in [1.807, 2.05) is 0 Å². The molecule has 118 valence electrons. The van der Waals surface area contributed by atoms with Crippen molar-refractivity contribution in [2.45, 2.75) is 110 Å². The smallest absolute Gasteiger partial charge is 1.00 e. The molecule has 0 atom stereocenters. The van der Waals surface area contributed by atoms with Gasteiger partial charge in [-0.2, -0.15) is 0 Å². The van der Waals surface area contributed by atoms with Gasteiger partial charge < -0.3 is 1.43 Å². The van der Waals surface area contributed by atoms with E-state index in [4.69, 9.17) is 11.6 Å². The molecule has 0 aromatic rings. The first kappa shape index (κ1) is 23.6. The molecule has 0 saturated carbocycles. The van der Waals surface area contributed by atoms with E-state index in [2.05, 4.69) is 6.92 Å². The van der Waals surface area contributed by atoms with Crippen LogP contribution in [0.25, 0.3) is 0 Å². The van der Waals surface area contributed by atoms with E-state index in [-0.39, 0.29) is 31.0 Å². The molecule has 0 aliphatic rings. The van der Waals surface area contributed by atoms with Crippen molar-refractivity contribution in [3.63, 3.8) is 0 Å². The van der Waals surface area contributed by atoms with E-state index in [0.717, 1.165) is 5.88 Å². The van der Waals surface area contributed by atoms with E-state index in [9.17, 15) is 0 Å². The molecule has 0 radical (unpaired) electrons. The van der Waals surface area contributed by atoms with E-state index < -0.39 is 0 Å². The number of unbranched alkanes of at least 4 members (excludes halogenated alkanes) is 15. The zero-order chi connectivity index (χ0) is 14.0. The topological polar surface area (TPSA) is 0 Å². The van der Waals surface area contributed by atoms with Crippen molar-refractivity contribution >= 4 is 11.6 Å². The normalized spacial score (nSPS) is 10.5. The minimum atomic E-state index is 0. The molecule has 0 nitrogen and oxygen atoms in total. The summed E-state index contributed by atoms with van der Waals surface area (Å²) in [6, 6.07) is 0. The van der Waals surface area contributed by atoms with Crippen LogP contribution in [0, 0.1) is 0 Å². The molecule has 0 amide bonds. The molecule has 0 unspecified atom stereocenters. The Labute approximate surface area is 157 Å². The van der Waals surface area contributed by atoms with Gasteiger partial charge in [0.05, 0.1) is 0 Å². The molecule has 0 rings (SSSR count). The number of hydrogen-bond acceptors (Lipinski definition) is 0. The Morgan fingerprint density at radius 2 is 0.750 bits per heavy atom. The van der Waals surface area contributed by atoms with Crippen LogP contribution in [0.1, 0.15) is 111 Å². The Bertz CT molecular complexity index is 140. The van der Waals surface area contributed by atoms with Crippen LogP contribution in [-0.4, -0.2) is 5.88 Å². The van der Waals surface area contributed by atoms with Crippen molar-refractivity contribution in [2.75, 3.05) is 5.88 Å². The summed E-state index contributed by atoms with van der Waals surface area (Å²) in [6.07, 6.45) is 22.8. The van der Waals surface area contributed by atoms with E-state index in [1.54, 1.807) is 0 Å². The number of alkyl halides is 1. The summed E-state index contributed by atoms with van der Waals surface area (Å²) in [4.78, 5) is 0. The predicted octanol–water partition coefficient (Wildman–Crippen LogP) is 4.60. The molecule has 20 heavy (non-hydrogen) atoms. The van der Waals surface area contributed by atoms with Gasteiger partial charge in [0.15, 0.2) is 0 Å². The third-order valence-corrected chi connectivity index (χ3v) is 4.25. The third-order valence-electron chi connectivity index (χ3n) is 3.99. The van der Waals surface area contributed by atoms with Gasteiger partial charge in [0.2, 0.25) is 0 Å². The van der Waals surface area contributed by atoms with Gasteiger partial charge in [-0.05, 0) is 6.42 Å². The van der Waals surface area contributed by atoms with Gasteiger partial charge in [0, 0.05) is 5.88 Å². The fourth-order valence-corrected chi connectivity index (χ4v) is 2.83. The molecule has 0 aliphatic heterocycles. The summed E-state index contributed by atoms with van der Waals surface area (Å²) in [7, 11) is 0. The van der Waals surface area contributed by atoms with Crippen LogP contribution in [0.5, 0.6) is 0 Å². The maximum Gasteiger partial charge on any atom is 1.00 e. The Balaban J connectivity index is -0.00000162. The van der Waals surface area contributed by atoms with Gasteiger partial charge >= 0.3 is 29.6 Å². The van der Waals surface area contributed by atoms with Crippen LogP contribution in [0.15, 0.2) is 0 Å². The monoisotopic (exact) mass is 312 g/mol. The first-order chi connectivity index (χ1) is 9.41. The van der Waals surface area contributed by atoms with Gasteiger partial charge in [-0.15, -0.1) is 11.6 Å². The van der Waals surface area contributed by atoms with Crippen molar-refractivity contribution in [2.24, 2.45) is 0 Å². The number of rotatable bonds is 16. The molecule has 0 fully saturated rings. The van der Waals surface area contributed by atoms with E-state index in [1.165, 1.54) is 103 Å². The van der Waals surface area contributed by atoms with Crippen LogP contribution < -0.4 is 29.6 Å². The standard InChI is InChI=1S/C18H37Cl.Na.H/c1-2-3-4-5-6-7-8-9-10-11-12-13-14-15-16-17-18-19;;/h2-18H2,1H3;;/q;+1;-1. The van der Waals surface area contributed by atoms with Gasteiger partial charge in [0.1, 0.15) is 0 Å². The summed E-state index contributed by atoms with van der Waals surface area (Å²) in [6.45, 7) is 2.29. The molecule has 0 spiro atoms. The maximum absolute atomic E-state index is 5.66. The first-order valence-corrected chi connectivity index (χ1v) is 9.51. The van der Waals surface area contributed by atoms with Crippen molar-refractivity contribution < 1.29 is 31.0 Å². The molecule has 0 aromatic carbocycles. The summed E-state index contributed by atoms with van der Waals surface area (Å²) in [5.74, 6) is 0.846. The summed E-state index contributed by atoms with van der Waals surface area (Å²) >= 11 is 5.66. The van der Waals surface area contributed by atoms with E-state index >= 15 is 0 Å². The van der Waals surface area contributed by atoms with Crippen LogP contribution in [-0.2, 0) is 0 Å². The van der Waals surface area contributed by atoms with Gasteiger partial charge in [0.25, 0.3) is 0 Å². The Morgan fingerprint density at radius 3 is 1.00 bits per heavy atom. The Hall–Kier alpha value is 1.29. The van der Waals surface area contributed by atoms with Crippen LogP contribution in [0.4, 0.5) is 0 Å². The molecule has 0 saturated heterocycles. The van der Waals surface area contributed by atoms with Crippen molar-refractivity contribution in [3.05, 3.63) is 0 Å². The average molecular weight is 313 g/mol. The number of hydrogen-bond donors (Lipinski definition) is 0. The summed E-state index contributed by atoms with van der Waals surface area (Å²) < 4.78 is 0. The second-order valence-electron chi connectivity index (χ2n) is 5.99. The van der Waals surface area contributed by atoms with Crippen molar-refractivity contribution in [1.29, 1.82) is 0 Å². The summed E-state index contributed by atoms with van der Waals surface area (Å²) in [5.41, 5.74) is 0. The minimum absolute atomic E-state index is 0. The molecule has 0 bridgehead atoms. The zero-order valence-corrected chi connectivity index (χ0v) is 17.2. The van der Waals surface area contributed by atoms with Crippen LogP contribution in [0.3, 0.4) is 0 Å². The Kier molecular flexibility index (Phi) is 26.6. The fourth-order valence-electron chi connectivity index (χ4n) is 2.64. The molecule has 0 N–H and O–H groups in total. The largest absolute Gasteiger partial charge is 1.00 e. The van der Waals surface area contributed by atoms with Crippen LogP contribution >= 0.6 is 11.6 Å². The second-order valence-corrected chi connectivity index (χ2v) is 6.37. The molecule has 0 aromatic heterocycles. The molecule has 0 aliphatic carbocycles.